The number of carbonyl (C=O) groups excluding carboxylic acids is 3. The standard InChI is InChI=1S/C23H20BrN3O3/c1-14-13-15(21(28)25-2)11-12-19(14)26-23(30)17-8-4-6-10-20(17)27-22(29)16-7-3-5-9-18(16)24/h3-13H,1-2H3,(H,25,28)(H,26,30)(H,27,29). The number of rotatable bonds is 5. The van der Waals surface area contributed by atoms with Crippen molar-refractivity contribution in [3.63, 3.8) is 0 Å². The molecule has 0 fully saturated rings. The van der Waals surface area contributed by atoms with Crippen molar-refractivity contribution in [3.05, 3.63) is 93.5 Å². The smallest absolute Gasteiger partial charge is 0.257 e. The second kappa shape index (κ2) is 9.37. The molecule has 0 heterocycles. The molecule has 0 saturated heterocycles. The Hall–Kier alpha value is -3.45. The molecule has 0 saturated carbocycles. The molecule has 0 aliphatic heterocycles. The van der Waals surface area contributed by atoms with Crippen molar-refractivity contribution >= 4 is 45.0 Å². The lowest BCUT2D eigenvalue weighted by Crippen LogP contribution is -2.20. The molecule has 0 aromatic heterocycles. The number of carbonyl (C=O) groups is 3. The van der Waals surface area contributed by atoms with Gasteiger partial charge in [0.2, 0.25) is 0 Å². The monoisotopic (exact) mass is 465 g/mol. The van der Waals surface area contributed by atoms with Crippen molar-refractivity contribution in [1.82, 2.24) is 5.32 Å². The van der Waals surface area contributed by atoms with Gasteiger partial charge in [-0.25, -0.2) is 0 Å². The van der Waals surface area contributed by atoms with E-state index in [2.05, 4.69) is 31.9 Å². The molecule has 3 aromatic rings. The zero-order valence-electron chi connectivity index (χ0n) is 16.5. The molecule has 0 aliphatic carbocycles. The number of halogens is 1. The molecule has 0 aliphatic rings. The van der Waals surface area contributed by atoms with E-state index in [-0.39, 0.29) is 17.7 Å². The summed E-state index contributed by atoms with van der Waals surface area (Å²) in [5.41, 5.74) is 3.03. The highest BCUT2D eigenvalue weighted by Gasteiger charge is 2.16. The number of hydrogen-bond acceptors (Lipinski definition) is 3. The molecule has 7 heteroatoms. The lowest BCUT2D eigenvalue weighted by molar-refractivity contribution is 0.0961. The summed E-state index contributed by atoms with van der Waals surface area (Å²) in [4.78, 5) is 37.3. The Morgan fingerprint density at radius 1 is 0.733 bits per heavy atom. The molecule has 3 amide bonds. The number of para-hydroxylation sites is 1. The number of benzene rings is 3. The highest BCUT2D eigenvalue weighted by Crippen LogP contribution is 2.23. The van der Waals surface area contributed by atoms with Crippen LogP contribution in [0.4, 0.5) is 11.4 Å². The van der Waals surface area contributed by atoms with E-state index in [1.807, 2.05) is 13.0 Å². The van der Waals surface area contributed by atoms with Crippen LogP contribution >= 0.6 is 15.9 Å². The number of anilines is 2. The molecule has 0 spiro atoms. The second-order valence-electron chi connectivity index (χ2n) is 6.54. The van der Waals surface area contributed by atoms with E-state index >= 15 is 0 Å². The minimum Gasteiger partial charge on any atom is -0.355 e. The van der Waals surface area contributed by atoms with Crippen LogP contribution in [0.5, 0.6) is 0 Å². The SMILES string of the molecule is CNC(=O)c1ccc(NC(=O)c2ccccc2NC(=O)c2ccccc2Br)c(C)c1. The fourth-order valence-corrected chi connectivity index (χ4v) is 3.37. The molecule has 3 rings (SSSR count). The van der Waals surface area contributed by atoms with Gasteiger partial charge in [0.1, 0.15) is 0 Å². The van der Waals surface area contributed by atoms with Crippen LogP contribution in [0.1, 0.15) is 36.6 Å². The van der Waals surface area contributed by atoms with Gasteiger partial charge >= 0.3 is 0 Å². The minimum atomic E-state index is -0.367. The first-order valence-corrected chi connectivity index (χ1v) is 9.99. The zero-order chi connectivity index (χ0) is 21.7. The molecular formula is C23H20BrN3O3. The van der Waals surface area contributed by atoms with Crippen molar-refractivity contribution in [3.8, 4) is 0 Å². The van der Waals surface area contributed by atoms with Crippen LogP contribution in [0.3, 0.4) is 0 Å². The first-order valence-electron chi connectivity index (χ1n) is 9.19. The molecule has 30 heavy (non-hydrogen) atoms. The average Bonchev–Trinajstić information content (AvgIpc) is 2.75. The van der Waals surface area contributed by atoms with Crippen molar-refractivity contribution in [2.24, 2.45) is 0 Å². The second-order valence-corrected chi connectivity index (χ2v) is 7.40. The number of aryl methyl sites for hydroxylation is 1. The van der Waals surface area contributed by atoms with Gasteiger partial charge in [-0.3, -0.25) is 14.4 Å². The molecule has 152 valence electrons. The average molecular weight is 466 g/mol. The highest BCUT2D eigenvalue weighted by atomic mass is 79.9. The van der Waals surface area contributed by atoms with Crippen molar-refractivity contribution in [2.75, 3.05) is 17.7 Å². The predicted molar refractivity (Wildman–Crippen MR) is 121 cm³/mol. The van der Waals surface area contributed by atoms with Gasteiger partial charge in [-0.15, -0.1) is 0 Å². The Morgan fingerprint density at radius 3 is 2.00 bits per heavy atom. The number of amides is 3. The molecule has 3 N–H and O–H groups in total. The first kappa shape index (κ1) is 21.3. The Labute approximate surface area is 182 Å². The summed E-state index contributed by atoms with van der Waals surface area (Å²) in [6, 6.07) is 18.9. The van der Waals surface area contributed by atoms with Gasteiger partial charge < -0.3 is 16.0 Å². The summed E-state index contributed by atoms with van der Waals surface area (Å²) in [6.45, 7) is 1.81. The molecule has 0 unspecified atom stereocenters. The molecule has 0 bridgehead atoms. The van der Waals surface area contributed by atoms with Gasteiger partial charge in [-0.2, -0.15) is 0 Å². The number of nitrogens with one attached hydrogen (secondary N) is 3. The van der Waals surface area contributed by atoms with Gasteiger partial charge in [0, 0.05) is 22.8 Å². The van der Waals surface area contributed by atoms with E-state index in [0.717, 1.165) is 5.56 Å². The van der Waals surface area contributed by atoms with Crippen LogP contribution in [-0.4, -0.2) is 24.8 Å². The topological polar surface area (TPSA) is 87.3 Å². The van der Waals surface area contributed by atoms with Gasteiger partial charge in [0.05, 0.1) is 16.8 Å². The van der Waals surface area contributed by atoms with E-state index in [9.17, 15) is 14.4 Å². The van der Waals surface area contributed by atoms with Crippen LogP contribution in [-0.2, 0) is 0 Å². The summed E-state index contributed by atoms with van der Waals surface area (Å²) in [7, 11) is 1.56. The fraction of sp³-hybridized carbons (Fsp3) is 0.0870. The summed E-state index contributed by atoms with van der Waals surface area (Å²) >= 11 is 3.36. The lowest BCUT2D eigenvalue weighted by atomic mass is 10.1. The summed E-state index contributed by atoms with van der Waals surface area (Å²) in [5.74, 6) is -0.890. The zero-order valence-corrected chi connectivity index (χ0v) is 18.0. The van der Waals surface area contributed by atoms with E-state index in [1.54, 1.807) is 67.7 Å². The molecular weight excluding hydrogens is 446 g/mol. The largest absolute Gasteiger partial charge is 0.355 e. The van der Waals surface area contributed by atoms with Crippen molar-refractivity contribution < 1.29 is 14.4 Å². The minimum absolute atomic E-state index is 0.198. The van der Waals surface area contributed by atoms with Crippen LogP contribution < -0.4 is 16.0 Å². The normalized spacial score (nSPS) is 10.2. The third kappa shape index (κ3) is 4.75. The summed E-state index contributed by atoms with van der Waals surface area (Å²) in [6.07, 6.45) is 0. The predicted octanol–water partition coefficient (Wildman–Crippen LogP) is 4.62. The maximum atomic E-state index is 12.9. The van der Waals surface area contributed by atoms with Crippen LogP contribution in [0, 0.1) is 6.92 Å². The fourth-order valence-electron chi connectivity index (χ4n) is 2.90. The molecule has 0 radical (unpaired) electrons. The van der Waals surface area contributed by atoms with Gasteiger partial charge in [0.25, 0.3) is 17.7 Å². The Balaban J connectivity index is 1.82. The van der Waals surface area contributed by atoms with Gasteiger partial charge in [-0.05, 0) is 70.9 Å². The van der Waals surface area contributed by atoms with E-state index in [0.29, 0.717) is 32.5 Å². The number of hydrogen-bond donors (Lipinski definition) is 3. The summed E-state index contributed by atoms with van der Waals surface area (Å²) < 4.78 is 0.663. The maximum Gasteiger partial charge on any atom is 0.257 e. The third-order valence-electron chi connectivity index (χ3n) is 4.50. The molecule has 3 aromatic carbocycles. The quantitative estimate of drug-likeness (QED) is 0.513. The Kier molecular flexibility index (Phi) is 6.64. The van der Waals surface area contributed by atoms with E-state index in [4.69, 9.17) is 0 Å². The van der Waals surface area contributed by atoms with Crippen molar-refractivity contribution in [2.45, 2.75) is 6.92 Å². The lowest BCUT2D eigenvalue weighted by Gasteiger charge is -2.14. The van der Waals surface area contributed by atoms with Gasteiger partial charge in [0.15, 0.2) is 0 Å². The third-order valence-corrected chi connectivity index (χ3v) is 5.19. The Morgan fingerprint density at radius 2 is 1.33 bits per heavy atom. The van der Waals surface area contributed by atoms with Gasteiger partial charge in [-0.1, -0.05) is 24.3 Å². The van der Waals surface area contributed by atoms with Crippen LogP contribution in [0.15, 0.2) is 71.2 Å². The maximum absolute atomic E-state index is 12.9. The van der Waals surface area contributed by atoms with E-state index in [1.165, 1.54) is 0 Å². The highest BCUT2D eigenvalue weighted by molar-refractivity contribution is 9.10. The first-order chi connectivity index (χ1) is 14.4. The van der Waals surface area contributed by atoms with E-state index < -0.39 is 0 Å². The molecule has 0 atom stereocenters. The Bertz CT molecular complexity index is 1130. The van der Waals surface area contributed by atoms with Crippen LogP contribution in [0.25, 0.3) is 0 Å². The van der Waals surface area contributed by atoms with Crippen molar-refractivity contribution in [1.29, 1.82) is 0 Å². The summed E-state index contributed by atoms with van der Waals surface area (Å²) in [5, 5.41) is 8.21. The molecule has 6 nitrogen and oxygen atoms in total. The van der Waals surface area contributed by atoms with Crippen LogP contribution in [0.2, 0.25) is 0 Å².